The van der Waals surface area contributed by atoms with E-state index in [2.05, 4.69) is 5.16 Å². The molecule has 2 rings (SSSR count). The molecule has 0 saturated heterocycles. The number of benzene rings is 2. The maximum atomic E-state index is 13.4. The van der Waals surface area contributed by atoms with Crippen molar-refractivity contribution in [3.63, 3.8) is 0 Å². The highest BCUT2D eigenvalue weighted by molar-refractivity contribution is 6.30. The molecule has 110 valence electrons. The molecule has 0 spiro atoms. The summed E-state index contributed by atoms with van der Waals surface area (Å²) in [6.07, 6.45) is 0. The van der Waals surface area contributed by atoms with Gasteiger partial charge in [-0.25, -0.2) is 8.78 Å². The SMILES string of the molecule is N/C(=N/O)c1cc(F)cc(COc2ccc(F)c(Cl)c2)c1. The molecule has 0 unspecified atom stereocenters. The largest absolute Gasteiger partial charge is 0.489 e. The third-order valence-electron chi connectivity index (χ3n) is 2.66. The Kier molecular flexibility index (Phi) is 4.59. The van der Waals surface area contributed by atoms with E-state index in [1.54, 1.807) is 0 Å². The van der Waals surface area contributed by atoms with Gasteiger partial charge in [-0.15, -0.1) is 0 Å². The van der Waals surface area contributed by atoms with E-state index in [1.807, 2.05) is 0 Å². The molecular formula is C14H11ClF2N2O2. The summed E-state index contributed by atoms with van der Waals surface area (Å²) >= 11 is 5.63. The van der Waals surface area contributed by atoms with Crippen LogP contribution in [0.4, 0.5) is 8.78 Å². The van der Waals surface area contributed by atoms with Crippen LogP contribution in [-0.4, -0.2) is 11.0 Å². The molecule has 2 aromatic rings. The number of hydrogen-bond donors (Lipinski definition) is 2. The van der Waals surface area contributed by atoms with Gasteiger partial charge in [0.05, 0.1) is 5.02 Å². The van der Waals surface area contributed by atoms with Gasteiger partial charge in [0, 0.05) is 11.6 Å². The molecule has 0 aliphatic carbocycles. The van der Waals surface area contributed by atoms with E-state index in [1.165, 1.54) is 30.3 Å². The summed E-state index contributed by atoms with van der Waals surface area (Å²) in [5, 5.41) is 11.3. The zero-order chi connectivity index (χ0) is 15.4. The minimum Gasteiger partial charge on any atom is -0.489 e. The summed E-state index contributed by atoms with van der Waals surface area (Å²) in [6.45, 7) is 0.0193. The molecule has 2 aromatic carbocycles. The number of halogens is 3. The van der Waals surface area contributed by atoms with Crippen molar-refractivity contribution in [1.29, 1.82) is 0 Å². The van der Waals surface area contributed by atoms with Gasteiger partial charge in [0.25, 0.3) is 0 Å². The zero-order valence-electron chi connectivity index (χ0n) is 10.7. The quantitative estimate of drug-likeness (QED) is 0.394. The molecule has 0 aliphatic heterocycles. The second-order valence-electron chi connectivity index (χ2n) is 4.20. The van der Waals surface area contributed by atoms with Crippen LogP contribution in [0.25, 0.3) is 0 Å². The van der Waals surface area contributed by atoms with Crippen molar-refractivity contribution < 1.29 is 18.7 Å². The maximum Gasteiger partial charge on any atom is 0.170 e. The van der Waals surface area contributed by atoms with E-state index in [9.17, 15) is 8.78 Å². The Morgan fingerprint density at radius 1 is 1.24 bits per heavy atom. The number of ether oxygens (including phenoxy) is 1. The van der Waals surface area contributed by atoms with E-state index in [4.69, 9.17) is 27.3 Å². The molecule has 0 heterocycles. The van der Waals surface area contributed by atoms with Gasteiger partial charge in [-0.3, -0.25) is 0 Å². The van der Waals surface area contributed by atoms with Gasteiger partial charge in [0.15, 0.2) is 5.84 Å². The lowest BCUT2D eigenvalue weighted by Gasteiger charge is -2.08. The van der Waals surface area contributed by atoms with Gasteiger partial charge in [-0.05, 0) is 35.9 Å². The third kappa shape index (κ3) is 3.82. The summed E-state index contributed by atoms with van der Waals surface area (Å²) in [5.41, 5.74) is 6.11. The van der Waals surface area contributed by atoms with Crippen molar-refractivity contribution >= 4 is 17.4 Å². The first kappa shape index (κ1) is 15.1. The molecule has 0 fully saturated rings. The van der Waals surface area contributed by atoms with Crippen molar-refractivity contribution in [1.82, 2.24) is 0 Å². The zero-order valence-corrected chi connectivity index (χ0v) is 11.4. The Morgan fingerprint density at radius 2 is 2.00 bits per heavy atom. The lowest BCUT2D eigenvalue weighted by molar-refractivity contribution is 0.305. The number of hydrogen-bond acceptors (Lipinski definition) is 3. The van der Waals surface area contributed by atoms with Crippen LogP contribution in [0.2, 0.25) is 5.02 Å². The molecule has 4 nitrogen and oxygen atoms in total. The van der Waals surface area contributed by atoms with E-state index in [-0.39, 0.29) is 23.0 Å². The highest BCUT2D eigenvalue weighted by Gasteiger charge is 2.07. The number of oxime groups is 1. The fourth-order valence-corrected chi connectivity index (χ4v) is 1.84. The number of nitrogens with two attached hydrogens (primary N) is 1. The van der Waals surface area contributed by atoms with Crippen LogP contribution in [0.5, 0.6) is 5.75 Å². The van der Waals surface area contributed by atoms with Gasteiger partial charge in [0.2, 0.25) is 0 Å². The number of amidine groups is 1. The smallest absolute Gasteiger partial charge is 0.170 e. The van der Waals surface area contributed by atoms with Crippen LogP contribution in [0.3, 0.4) is 0 Å². The first-order valence-electron chi connectivity index (χ1n) is 5.85. The van der Waals surface area contributed by atoms with Crippen LogP contribution in [0, 0.1) is 11.6 Å². The lowest BCUT2D eigenvalue weighted by atomic mass is 10.1. The standard InChI is InChI=1S/C14H11ClF2N2O2/c15-12-6-11(1-2-13(12)17)21-7-8-3-9(14(18)19-20)5-10(16)4-8/h1-6,20H,7H2,(H2,18,19). The highest BCUT2D eigenvalue weighted by atomic mass is 35.5. The van der Waals surface area contributed by atoms with Crippen molar-refractivity contribution in [2.75, 3.05) is 0 Å². The van der Waals surface area contributed by atoms with Crippen molar-refractivity contribution in [2.45, 2.75) is 6.61 Å². The molecule has 7 heteroatoms. The third-order valence-corrected chi connectivity index (χ3v) is 2.95. The van der Waals surface area contributed by atoms with Crippen LogP contribution in [0.1, 0.15) is 11.1 Å². The van der Waals surface area contributed by atoms with Crippen LogP contribution >= 0.6 is 11.6 Å². The van der Waals surface area contributed by atoms with Gasteiger partial charge < -0.3 is 15.7 Å². The molecule has 3 N–H and O–H groups in total. The topological polar surface area (TPSA) is 67.8 Å². The summed E-state index contributed by atoms with van der Waals surface area (Å²) in [5.74, 6) is -0.963. The monoisotopic (exact) mass is 312 g/mol. The Hall–Kier alpha value is -2.34. The molecule has 0 atom stereocenters. The minimum absolute atomic E-state index is 0.0193. The molecule has 0 amide bonds. The Morgan fingerprint density at radius 3 is 2.67 bits per heavy atom. The summed E-state index contributed by atoms with van der Waals surface area (Å²) in [7, 11) is 0. The Labute approximate surface area is 124 Å². The van der Waals surface area contributed by atoms with Crippen molar-refractivity contribution in [2.24, 2.45) is 10.9 Å². The normalized spacial score (nSPS) is 11.5. The van der Waals surface area contributed by atoms with Crippen LogP contribution < -0.4 is 10.5 Å². The first-order chi connectivity index (χ1) is 9.99. The van der Waals surface area contributed by atoms with Crippen molar-refractivity contribution in [3.8, 4) is 5.75 Å². The second kappa shape index (κ2) is 6.41. The van der Waals surface area contributed by atoms with E-state index >= 15 is 0 Å². The predicted octanol–water partition coefficient (Wildman–Crippen LogP) is 3.29. The molecule has 0 bridgehead atoms. The fraction of sp³-hybridized carbons (Fsp3) is 0.0714. The summed E-state index contributed by atoms with van der Waals surface area (Å²) in [4.78, 5) is 0. The molecule has 0 aliphatic rings. The predicted molar refractivity (Wildman–Crippen MR) is 74.7 cm³/mol. The first-order valence-corrected chi connectivity index (χ1v) is 6.22. The fourth-order valence-electron chi connectivity index (χ4n) is 1.67. The lowest BCUT2D eigenvalue weighted by Crippen LogP contribution is -2.14. The molecule has 0 saturated carbocycles. The number of rotatable bonds is 4. The second-order valence-corrected chi connectivity index (χ2v) is 4.61. The minimum atomic E-state index is -0.552. The molecular weight excluding hydrogens is 302 g/mol. The average Bonchev–Trinajstić information content (AvgIpc) is 2.47. The van der Waals surface area contributed by atoms with Gasteiger partial charge in [-0.1, -0.05) is 16.8 Å². The molecule has 0 radical (unpaired) electrons. The average molecular weight is 313 g/mol. The molecule has 21 heavy (non-hydrogen) atoms. The maximum absolute atomic E-state index is 13.4. The van der Waals surface area contributed by atoms with Gasteiger partial charge in [0.1, 0.15) is 24.0 Å². The van der Waals surface area contributed by atoms with E-state index in [0.29, 0.717) is 11.3 Å². The van der Waals surface area contributed by atoms with Gasteiger partial charge >= 0.3 is 0 Å². The summed E-state index contributed by atoms with van der Waals surface area (Å²) in [6, 6.07) is 7.80. The van der Waals surface area contributed by atoms with E-state index in [0.717, 1.165) is 6.07 Å². The Bertz CT molecular complexity index is 693. The van der Waals surface area contributed by atoms with Crippen LogP contribution in [-0.2, 0) is 6.61 Å². The van der Waals surface area contributed by atoms with Gasteiger partial charge in [-0.2, -0.15) is 0 Å². The highest BCUT2D eigenvalue weighted by Crippen LogP contribution is 2.22. The molecule has 0 aromatic heterocycles. The number of nitrogens with zero attached hydrogens (tertiary/aromatic N) is 1. The Balaban J connectivity index is 2.16. The summed E-state index contributed by atoms with van der Waals surface area (Å²) < 4.78 is 31.8. The van der Waals surface area contributed by atoms with Crippen molar-refractivity contribution in [3.05, 3.63) is 64.2 Å². The van der Waals surface area contributed by atoms with E-state index < -0.39 is 11.6 Å². The van der Waals surface area contributed by atoms with Crippen LogP contribution in [0.15, 0.2) is 41.6 Å².